The first-order valence-corrected chi connectivity index (χ1v) is 8.89. The third-order valence-corrected chi connectivity index (χ3v) is 4.26. The molecular weight excluding hydrogens is 387 g/mol. The van der Waals surface area contributed by atoms with E-state index in [1.807, 2.05) is 30.3 Å². The Bertz CT molecular complexity index is 999. The molecule has 10 heteroatoms. The number of anilines is 1. The number of nitrogens with zero attached hydrogens (tertiary/aromatic N) is 4. The summed E-state index contributed by atoms with van der Waals surface area (Å²) in [6.45, 7) is -1.43. The van der Waals surface area contributed by atoms with Crippen molar-refractivity contribution in [1.29, 1.82) is 0 Å². The summed E-state index contributed by atoms with van der Waals surface area (Å²) >= 11 is 0. The Morgan fingerprint density at radius 2 is 1.93 bits per heavy atom. The zero-order valence-corrected chi connectivity index (χ0v) is 15.1. The lowest BCUT2D eigenvalue weighted by Gasteiger charge is -2.09. The molecule has 2 heterocycles. The Balaban J connectivity index is 1.50. The van der Waals surface area contributed by atoms with Gasteiger partial charge in [0.05, 0.1) is 23.3 Å². The van der Waals surface area contributed by atoms with Crippen LogP contribution in [0.2, 0.25) is 0 Å². The quantitative estimate of drug-likeness (QED) is 0.678. The molecule has 4 rings (SSSR count). The maximum atomic E-state index is 12.7. The van der Waals surface area contributed by atoms with Gasteiger partial charge in [-0.25, -0.2) is 9.67 Å². The lowest BCUT2D eigenvalue weighted by molar-refractivity contribution is -0.154. The number of rotatable bonds is 6. The number of para-hydroxylation sites is 1. The van der Waals surface area contributed by atoms with Crippen LogP contribution >= 0.6 is 0 Å². The van der Waals surface area contributed by atoms with Crippen LogP contribution in [0.3, 0.4) is 0 Å². The Hall–Kier alpha value is -3.43. The van der Waals surface area contributed by atoms with E-state index in [0.29, 0.717) is 5.69 Å². The van der Waals surface area contributed by atoms with E-state index in [0.717, 1.165) is 24.2 Å². The van der Waals surface area contributed by atoms with Crippen molar-refractivity contribution in [2.24, 2.45) is 0 Å². The molecule has 0 radical (unpaired) electrons. The SMILES string of the molecule is O=C(Nc1ccc(OCC(F)(F)F)nc1)c1nnn(-c2ccccc2)c1C1CC1. The lowest BCUT2D eigenvalue weighted by atomic mass is 10.2. The Kier molecular flexibility index (Phi) is 4.91. The molecule has 0 saturated heterocycles. The Labute approximate surface area is 163 Å². The minimum Gasteiger partial charge on any atom is -0.468 e. The van der Waals surface area contributed by atoms with Crippen LogP contribution in [0.25, 0.3) is 5.69 Å². The average Bonchev–Trinajstić information content (AvgIpc) is 3.45. The van der Waals surface area contributed by atoms with Crippen LogP contribution in [0.15, 0.2) is 48.7 Å². The second kappa shape index (κ2) is 7.53. The molecule has 1 aliphatic carbocycles. The van der Waals surface area contributed by atoms with Crippen molar-refractivity contribution < 1.29 is 22.7 Å². The predicted molar refractivity (Wildman–Crippen MR) is 97.1 cm³/mol. The number of hydrogen-bond acceptors (Lipinski definition) is 5. The summed E-state index contributed by atoms with van der Waals surface area (Å²) in [6.07, 6.45) is -1.32. The molecule has 0 atom stereocenters. The number of carbonyl (C=O) groups excluding carboxylic acids is 1. The summed E-state index contributed by atoms with van der Waals surface area (Å²) < 4.78 is 42.8. The summed E-state index contributed by atoms with van der Waals surface area (Å²) in [5.74, 6) is -0.434. The average molecular weight is 403 g/mol. The molecule has 3 aromatic rings. The minimum atomic E-state index is -4.45. The zero-order chi connectivity index (χ0) is 20.4. The fourth-order valence-corrected chi connectivity index (χ4v) is 2.82. The van der Waals surface area contributed by atoms with Gasteiger partial charge in [-0.2, -0.15) is 13.2 Å². The standard InChI is InChI=1S/C19H16F3N5O2/c20-19(21,22)11-29-15-9-8-13(10-23-15)24-18(28)16-17(12-6-7-12)27(26-25-16)14-4-2-1-3-5-14/h1-5,8-10,12H,6-7,11H2,(H,24,28). The minimum absolute atomic E-state index is 0.186. The molecule has 1 N–H and O–H groups in total. The molecule has 1 fully saturated rings. The summed E-state index contributed by atoms with van der Waals surface area (Å²) in [5.41, 5.74) is 2.08. The van der Waals surface area contributed by atoms with E-state index in [1.165, 1.54) is 18.3 Å². The number of nitrogens with one attached hydrogen (secondary N) is 1. The highest BCUT2D eigenvalue weighted by Crippen LogP contribution is 2.42. The molecule has 1 amide bonds. The molecule has 1 aliphatic rings. The van der Waals surface area contributed by atoms with Gasteiger partial charge in [-0.15, -0.1) is 5.10 Å². The number of benzene rings is 1. The van der Waals surface area contributed by atoms with Crippen molar-refractivity contribution in [3.63, 3.8) is 0 Å². The molecule has 0 unspecified atom stereocenters. The molecule has 0 aliphatic heterocycles. The summed E-state index contributed by atoms with van der Waals surface area (Å²) in [6, 6.07) is 12.1. The van der Waals surface area contributed by atoms with E-state index in [-0.39, 0.29) is 17.5 Å². The third-order valence-electron chi connectivity index (χ3n) is 4.26. The number of carbonyl (C=O) groups is 1. The van der Waals surface area contributed by atoms with E-state index < -0.39 is 18.7 Å². The summed E-state index contributed by atoms with van der Waals surface area (Å²) in [7, 11) is 0. The van der Waals surface area contributed by atoms with Crippen LogP contribution in [0.1, 0.15) is 34.9 Å². The van der Waals surface area contributed by atoms with Gasteiger partial charge < -0.3 is 10.1 Å². The molecule has 0 bridgehead atoms. The molecule has 1 aromatic carbocycles. The van der Waals surface area contributed by atoms with E-state index in [1.54, 1.807) is 4.68 Å². The first-order valence-electron chi connectivity index (χ1n) is 8.89. The summed E-state index contributed by atoms with van der Waals surface area (Å²) in [5, 5.41) is 10.8. The van der Waals surface area contributed by atoms with Crippen LogP contribution in [0.4, 0.5) is 18.9 Å². The van der Waals surface area contributed by atoms with Crippen LogP contribution in [0.5, 0.6) is 5.88 Å². The van der Waals surface area contributed by atoms with Crippen LogP contribution in [0, 0.1) is 0 Å². The van der Waals surface area contributed by atoms with Gasteiger partial charge in [0.25, 0.3) is 5.91 Å². The Morgan fingerprint density at radius 1 is 1.17 bits per heavy atom. The molecule has 29 heavy (non-hydrogen) atoms. The summed E-state index contributed by atoms with van der Waals surface area (Å²) in [4.78, 5) is 16.5. The number of ether oxygens (including phenoxy) is 1. The van der Waals surface area contributed by atoms with Crippen molar-refractivity contribution >= 4 is 11.6 Å². The van der Waals surface area contributed by atoms with Gasteiger partial charge in [-0.1, -0.05) is 23.4 Å². The number of halogens is 3. The molecule has 150 valence electrons. The molecule has 2 aromatic heterocycles. The van der Waals surface area contributed by atoms with Crippen molar-refractivity contribution in [2.75, 3.05) is 11.9 Å². The van der Waals surface area contributed by atoms with E-state index >= 15 is 0 Å². The van der Waals surface area contributed by atoms with Crippen LogP contribution in [-0.4, -0.2) is 38.7 Å². The first-order chi connectivity index (χ1) is 13.9. The number of hydrogen-bond donors (Lipinski definition) is 1. The maximum absolute atomic E-state index is 12.7. The van der Waals surface area contributed by atoms with Gasteiger partial charge in [-0.05, 0) is 31.0 Å². The maximum Gasteiger partial charge on any atom is 0.422 e. The topological polar surface area (TPSA) is 81.9 Å². The van der Waals surface area contributed by atoms with Gasteiger partial charge in [0, 0.05) is 12.0 Å². The van der Waals surface area contributed by atoms with Gasteiger partial charge in [0.1, 0.15) is 0 Å². The van der Waals surface area contributed by atoms with Crippen molar-refractivity contribution in [3.8, 4) is 11.6 Å². The molecular formula is C19H16F3N5O2. The monoisotopic (exact) mass is 403 g/mol. The smallest absolute Gasteiger partial charge is 0.422 e. The Morgan fingerprint density at radius 3 is 2.55 bits per heavy atom. The molecule has 0 spiro atoms. The van der Waals surface area contributed by atoms with E-state index in [9.17, 15) is 18.0 Å². The van der Waals surface area contributed by atoms with Gasteiger partial charge >= 0.3 is 6.18 Å². The number of amides is 1. The second-order valence-electron chi connectivity index (χ2n) is 6.59. The van der Waals surface area contributed by atoms with E-state index in [4.69, 9.17) is 0 Å². The zero-order valence-electron chi connectivity index (χ0n) is 15.1. The fourth-order valence-electron chi connectivity index (χ4n) is 2.82. The third kappa shape index (κ3) is 4.53. The highest BCUT2D eigenvalue weighted by Gasteiger charge is 2.34. The fraction of sp³-hybridized carbons (Fsp3) is 0.263. The van der Waals surface area contributed by atoms with Crippen LogP contribution < -0.4 is 10.1 Å². The number of pyridine rings is 1. The van der Waals surface area contributed by atoms with E-state index in [2.05, 4.69) is 25.3 Å². The predicted octanol–water partition coefficient (Wildman–Crippen LogP) is 3.73. The normalized spacial score (nSPS) is 13.9. The van der Waals surface area contributed by atoms with Gasteiger partial charge in [0.2, 0.25) is 5.88 Å². The van der Waals surface area contributed by atoms with Crippen LogP contribution in [-0.2, 0) is 0 Å². The van der Waals surface area contributed by atoms with Crippen molar-refractivity contribution in [2.45, 2.75) is 24.9 Å². The van der Waals surface area contributed by atoms with Crippen molar-refractivity contribution in [1.82, 2.24) is 20.0 Å². The molecule has 7 nitrogen and oxygen atoms in total. The molecule has 1 saturated carbocycles. The first kappa shape index (κ1) is 18.9. The lowest BCUT2D eigenvalue weighted by Crippen LogP contribution is -2.19. The highest BCUT2D eigenvalue weighted by molar-refractivity contribution is 6.03. The number of alkyl halides is 3. The number of aromatic nitrogens is 4. The van der Waals surface area contributed by atoms with Crippen molar-refractivity contribution in [3.05, 3.63) is 60.0 Å². The second-order valence-corrected chi connectivity index (χ2v) is 6.59. The van der Waals surface area contributed by atoms with Gasteiger partial charge in [-0.3, -0.25) is 4.79 Å². The largest absolute Gasteiger partial charge is 0.468 e. The van der Waals surface area contributed by atoms with Gasteiger partial charge in [0.15, 0.2) is 12.3 Å². The highest BCUT2D eigenvalue weighted by atomic mass is 19.4.